The van der Waals surface area contributed by atoms with Crippen LogP contribution in [-0.4, -0.2) is 37.3 Å². The molecular formula is C32H28N2O7S. The van der Waals surface area contributed by atoms with Gasteiger partial charge in [0.15, 0.2) is 0 Å². The zero-order valence-electron chi connectivity index (χ0n) is 22.6. The Balaban J connectivity index is 1.57. The summed E-state index contributed by atoms with van der Waals surface area (Å²) >= 11 is 0. The summed E-state index contributed by atoms with van der Waals surface area (Å²) in [6.45, 7) is 1.84. The lowest BCUT2D eigenvalue weighted by atomic mass is 10.1. The second-order valence-corrected chi connectivity index (χ2v) is 10.9. The van der Waals surface area contributed by atoms with Gasteiger partial charge < -0.3 is 19.9 Å². The van der Waals surface area contributed by atoms with Crippen molar-refractivity contribution in [1.82, 2.24) is 10.6 Å². The maximum Gasteiger partial charge on any atom is 0.339 e. The lowest BCUT2D eigenvalue weighted by Gasteiger charge is -2.17. The Bertz CT molecular complexity index is 1690. The summed E-state index contributed by atoms with van der Waals surface area (Å²) in [4.78, 5) is 38.1. The van der Waals surface area contributed by atoms with E-state index in [2.05, 4.69) is 10.6 Å². The number of hydrogen-bond donors (Lipinski definition) is 3. The molecule has 1 atom stereocenters. The molecule has 214 valence electrons. The molecule has 0 heterocycles. The van der Waals surface area contributed by atoms with E-state index in [0.29, 0.717) is 16.7 Å². The van der Waals surface area contributed by atoms with Gasteiger partial charge in [0.1, 0.15) is 22.4 Å². The molecule has 2 amide bonds. The summed E-state index contributed by atoms with van der Waals surface area (Å²) in [5.74, 6) is -2.58. The van der Waals surface area contributed by atoms with Crippen LogP contribution in [0.2, 0.25) is 0 Å². The molecule has 0 spiro atoms. The van der Waals surface area contributed by atoms with Crippen molar-refractivity contribution in [1.29, 1.82) is 0 Å². The Morgan fingerprint density at radius 3 is 2.02 bits per heavy atom. The maximum atomic E-state index is 13.3. The van der Waals surface area contributed by atoms with Crippen molar-refractivity contribution >= 4 is 34.0 Å². The van der Waals surface area contributed by atoms with Gasteiger partial charge >= 0.3 is 16.1 Å². The number of benzene rings is 4. The van der Waals surface area contributed by atoms with E-state index in [1.807, 2.05) is 6.92 Å². The van der Waals surface area contributed by atoms with Gasteiger partial charge in [-0.2, -0.15) is 8.42 Å². The highest BCUT2D eigenvalue weighted by Crippen LogP contribution is 2.21. The molecule has 0 saturated heterocycles. The van der Waals surface area contributed by atoms with Crippen molar-refractivity contribution in [2.75, 3.05) is 0 Å². The van der Waals surface area contributed by atoms with Crippen LogP contribution >= 0.6 is 0 Å². The van der Waals surface area contributed by atoms with E-state index in [1.54, 1.807) is 72.8 Å². The third kappa shape index (κ3) is 8.15. The minimum Gasteiger partial charge on any atom is -0.480 e. The van der Waals surface area contributed by atoms with E-state index in [1.165, 1.54) is 42.5 Å². The van der Waals surface area contributed by atoms with E-state index in [4.69, 9.17) is 4.18 Å². The predicted molar refractivity (Wildman–Crippen MR) is 157 cm³/mol. The van der Waals surface area contributed by atoms with Crippen molar-refractivity contribution < 1.29 is 32.1 Å². The van der Waals surface area contributed by atoms with Crippen LogP contribution in [0.5, 0.6) is 5.75 Å². The molecule has 0 saturated carbocycles. The van der Waals surface area contributed by atoms with Gasteiger partial charge in [-0.15, -0.1) is 0 Å². The molecule has 1 unspecified atom stereocenters. The third-order valence-corrected chi connectivity index (χ3v) is 7.38. The second kappa shape index (κ2) is 13.4. The van der Waals surface area contributed by atoms with Crippen LogP contribution in [0.25, 0.3) is 6.08 Å². The minimum absolute atomic E-state index is 0.00291. The number of nitrogens with one attached hydrogen (secondary N) is 2. The first kappa shape index (κ1) is 29.8. The van der Waals surface area contributed by atoms with E-state index < -0.39 is 33.9 Å². The lowest BCUT2D eigenvalue weighted by Crippen LogP contribution is -2.45. The molecule has 3 N–H and O–H groups in total. The molecule has 4 aromatic carbocycles. The Morgan fingerprint density at radius 2 is 1.43 bits per heavy atom. The standard InChI is InChI=1S/C32H28N2O7S/c1-22-12-18-27(19-13-22)42(39,40)41-26-16-14-24(15-17-26)20-28(33-30(35)25-10-6-3-7-11-25)31(36)34-29(32(37)38)21-23-8-4-2-5-9-23/h2-20,29H,21H2,1H3,(H,33,35)(H,34,36)(H,37,38)/b28-20+. The van der Waals surface area contributed by atoms with Gasteiger partial charge in [-0.05, 0) is 60.5 Å². The average Bonchev–Trinajstić information content (AvgIpc) is 2.98. The van der Waals surface area contributed by atoms with E-state index in [9.17, 15) is 27.9 Å². The second-order valence-electron chi connectivity index (χ2n) is 9.35. The van der Waals surface area contributed by atoms with Crippen molar-refractivity contribution in [2.45, 2.75) is 24.3 Å². The van der Waals surface area contributed by atoms with Crippen LogP contribution in [-0.2, 0) is 26.1 Å². The number of rotatable bonds is 11. The van der Waals surface area contributed by atoms with E-state index in [-0.39, 0.29) is 22.8 Å². The fourth-order valence-corrected chi connectivity index (χ4v) is 4.82. The molecule has 0 aliphatic rings. The van der Waals surface area contributed by atoms with Crippen LogP contribution < -0.4 is 14.8 Å². The fourth-order valence-electron chi connectivity index (χ4n) is 3.89. The van der Waals surface area contributed by atoms with Gasteiger partial charge in [-0.3, -0.25) is 9.59 Å². The van der Waals surface area contributed by atoms with Crippen molar-refractivity contribution in [3.63, 3.8) is 0 Å². The molecule has 0 aliphatic carbocycles. The first-order chi connectivity index (χ1) is 20.1. The number of carboxylic acids is 1. The number of carboxylic acid groups (broad SMARTS) is 1. The number of carbonyl (C=O) groups excluding carboxylic acids is 2. The van der Waals surface area contributed by atoms with Gasteiger partial charge in [0.05, 0.1) is 0 Å². The molecule has 9 nitrogen and oxygen atoms in total. The Labute approximate surface area is 243 Å². The Kier molecular flexibility index (Phi) is 9.51. The molecule has 0 radical (unpaired) electrons. The number of aryl methyl sites for hydroxylation is 1. The van der Waals surface area contributed by atoms with Crippen LogP contribution in [0.3, 0.4) is 0 Å². The van der Waals surface area contributed by atoms with Crippen molar-refractivity contribution in [3.05, 3.63) is 137 Å². The summed E-state index contributed by atoms with van der Waals surface area (Å²) in [7, 11) is -4.07. The monoisotopic (exact) mass is 584 g/mol. The molecule has 4 aromatic rings. The zero-order chi connectivity index (χ0) is 30.1. The van der Waals surface area contributed by atoms with Gasteiger partial charge in [-0.25, -0.2) is 4.79 Å². The van der Waals surface area contributed by atoms with Crippen LogP contribution in [0.4, 0.5) is 0 Å². The number of aliphatic carboxylic acids is 1. The topological polar surface area (TPSA) is 139 Å². The highest BCUT2D eigenvalue weighted by Gasteiger charge is 2.24. The smallest absolute Gasteiger partial charge is 0.339 e. The van der Waals surface area contributed by atoms with Gasteiger partial charge in [0.2, 0.25) is 0 Å². The Hall–Kier alpha value is -5.22. The van der Waals surface area contributed by atoms with Crippen LogP contribution in [0, 0.1) is 6.92 Å². The van der Waals surface area contributed by atoms with Gasteiger partial charge in [-0.1, -0.05) is 78.4 Å². The minimum atomic E-state index is -4.07. The van der Waals surface area contributed by atoms with Crippen molar-refractivity contribution in [3.8, 4) is 5.75 Å². The number of carbonyl (C=O) groups is 3. The lowest BCUT2D eigenvalue weighted by molar-refractivity contribution is -0.141. The van der Waals surface area contributed by atoms with E-state index >= 15 is 0 Å². The normalized spacial score (nSPS) is 12.2. The number of hydrogen-bond acceptors (Lipinski definition) is 6. The molecule has 42 heavy (non-hydrogen) atoms. The molecule has 0 aromatic heterocycles. The molecule has 10 heteroatoms. The molecule has 4 rings (SSSR count). The summed E-state index contributed by atoms with van der Waals surface area (Å²) in [6.07, 6.45) is 1.39. The molecule has 0 aliphatic heterocycles. The summed E-state index contributed by atoms with van der Waals surface area (Å²) in [5.41, 5.74) is 2.12. The van der Waals surface area contributed by atoms with E-state index in [0.717, 1.165) is 5.56 Å². The third-order valence-electron chi connectivity index (χ3n) is 6.12. The SMILES string of the molecule is Cc1ccc(S(=O)(=O)Oc2ccc(/C=C(/NC(=O)c3ccccc3)C(=O)NC(Cc3ccccc3)C(=O)O)cc2)cc1. The maximum absolute atomic E-state index is 13.3. The summed E-state index contributed by atoms with van der Waals surface area (Å²) in [5, 5.41) is 14.8. The molecule has 0 bridgehead atoms. The summed E-state index contributed by atoms with van der Waals surface area (Å²) < 4.78 is 30.5. The highest BCUT2D eigenvalue weighted by atomic mass is 32.2. The van der Waals surface area contributed by atoms with Gasteiger partial charge in [0, 0.05) is 12.0 Å². The first-order valence-corrected chi connectivity index (χ1v) is 14.3. The molecular weight excluding hydrogens is 556 g/mol. The fraction of sp³-hybridized carbons (Fsp3) is 0.0938. The number of amides is 2. The average molecular weight is 585 g/mol. The van der Waals surface area contributed by atoms with Gasteiger partial charge in [0.25, 0.3) is 11.8 Å². The highest BCUT2D eigenvalue weighted by molar-refractivity contribution is 7.87. The summed E-state index contributed by atoms with van der Waals surface area (Å²) in [6, 6.07) is 27.8. The largest absolute Gasteiger partial charge is 0.480 e. The molecule has 0 fully saturated rings. The zero-order valence-corrected chi connectivity index (χ0v) is 23.4. The Morgan fingerprint density at radius 1 is 0.833 bits per heavy atom. The van der Waals surface area contributed by atoms with Crippen LogP contribution in [0.1, 0.15) is 27.0 Å². The van der Waals surface area contributed by atoms with Crippen molar-refractivity contribution in [2.24, 2.45) is 0 Å². The van der Waals surface area contributed by atoms with Crippen LogP contribution in [0.15, 0.2) is 120 Å². The first-order valence-electron chi connectivity index (χ1n) is 12.9. The quantitative estimate of drug-likeness (QED) is 0.176. The predicted octanol–water partition coefficient (Wildman–Crippen LogP) is 4.35.